The number of carbonyl (C=O) groups excluding carboxylic acids is 2. The summed E-state index contributed by atoms with van der Waals surface area (Å²) >= 11 is 0. The van der Waals surface area contributed by atoms with Crippen molar-refractivity contribution in [2.45, 2.75) is 26.9 Å². The monoisotopic (exact) mass is 314 g/mol. The van der Waals surface area contributed by atoms with Crippen LogP contribution in [0.1, 0.15) is 31.1 Å². The Balaban J connectivity index is 2.86. The van der Waals surface area contributed by atoms with E-state index in [1.165, 1.54) is 32.9 Å². The number of nitrogens with one attached hydrogen (secondary N) is 2. The van der Waals surface area contributed by atoms with Crippen LogP contribution in [0.3, 0.4) is 0 Å². The summed E-state index contributed by atoms with van der Waals surface area (Å²) in [5.74, 6) is -1.44. The predicted molar refractivity (Wildman–Crippen MR) is 75.6 cm³/mol. The fraction of sp³-hybridized carbons (Fsp3) is 0.333. The Kier molecular flexibility index (Phi) is 5.35. The third kappa shape index (κ3) is 5.23. The van der Waals surface area contributed by atoms with E-state index in [1.807, 2.05) is 5.43 Å². The zero-order valence-electron chi connectivity index (χ0n) is 12.4. The van der Waals surface area contributed by atoms with Crippen molar-refractivity contribution in [3.05, 3.63) is 47.7 Å². The number of hydrazine groups is 1. The smallest absolute Gasteiger partial charge is 0.294 e. The van der Waals surface area contributed by atoms with Gasteiger partial charge in [-0.25, -0.2) is 0 Å². The summed E-state index contributed by atoms with van der Waals surface area (Å²) in [6.45, 7) is 4.51. The van der Waals surface area contributed by atoms with Gasteiger partial charge < -0.3 is 0 Å². The van der Waals surface area contributed by atoms with Gasteiger partial charge in [0.1, 0.15) is 5.70 Å². The molecular formula is C15H17F3N2O2. The van der Waals surface area contributed by atoms with Gasteiger partial charge in [0.25, 0.3) is 5.91 Å². The number of hydrogen-bond donors (Lipinski definition) is 2. The molecule has 0 fully saturated rings. The highest BCUT2D eigenvalue weighted by Gasteiger charge is 2.36. The molecule has 0 spiro atoms. The predicted octanol–water partition coefficient (Wildman–Crippen LogP) is 2.98. The lowest BCUT2D eigenvalue weighted by molar-refractivity contribution is -0.123. The molecule has 0 heterocycles. The molecule has 0 aromatic heterocycles. The molecule has 2 N–H and O–H groups in total. The van der Waals surface area contributed by atoms with Crippen molar-refractivity contribution in [2.75, 3.05) is 0 Å². The van der Waals surface area contributed by atoms with Gasteiger partial charge in [0, 0.05) is 17.1 Å². The van der Waals surface area contributed by atoms with Crippen LogP contribution in [0.15, 0.2) is 42.1 Å². The number of amides is 1. The molecule has 0 aliphatic carbocycles. The van der Waals surface area contributed by atoms with Crippen molar-refractivity contribution in [1.29, 1.82) is 0 Å². The summed E-state index contributed by atoms with van der Waals surface area (Å²) < 4.78 is 38.7. The first-order valence-corrected chi connectivity index (χ1v) is 6.46. The molecule has 0 atom stereocenters. The molecule has 0 unspecified atom stereocenters. The van der Waals surface area contributed by atoms with E-state index >= 15 is 0 Å². The molecule has 1 amide bonds. The highest BCUT2D eigenvalue weighted by atomic mass is 19.4. The van der Waals surface area contributed by atoms with Gasteiger partial charge >= 0.3 is 6.18 Å². The van der Waals surface area contributed by atoms with Crippen LogP contribution in [0.2, 0.25) is 0 Å². The van der Waals surface area contributed by atoms with Crippen LogP contribution in [0.4, 0.5) is 13.2 Å². The second-order valence-corrected chi connectivity index (χ2v) is 5.62. The molecule has 120 valence electrons. The van der Waals surface area contributed by atoms with E-state index < -0.39 is 29.0 Å². The van der Waals surface area contributed by atoms with Gasteiger partial charge in [-0.15, -0.1) is 0 Å². The number of rotatable bonds is 4. The van der Waals surface area contributed by atoms with E-state index in [0.717, 1.165) is 0 Å². The number of halogens is 3. The molecule has 22 heavy (non-hydrogen) atoms. The Morgan fingerprint density at radius 1 is 1.00 bits per heavy atom. The van der Waals surface area contributed by atoms with Crippen LogP contribution >= 0.6 is 0 Å². The van der Waals surface area contributed by atoms with Crippen LogP contribution in [-0.2, 0) is 4.79 Å². The zero-order chi connectivity index (χ0) is 17.0. The number of benzene rings is 1. The Labute approximate surface area is 126 Å². The lowest BCUT2D eigenvalue weighted by Gasteiger charge is -2.18. The highest BCUT2D eigenvalue weighted by molar-refractivity contribution is 5.95. The standard InChI is InChI=1S/C15H17F3N2O2/c1-14(2,3)12(21)9-11(15(16,17)18)19-20-13(22)10-7-5-4-6-8-10/h4-9,19H,1-3H3,(H,20,22). The second kappa shape index (κ2) is 6.64. The number of carbonyl (C=O) groups is 2. The Hall–Kier alpha value is -2.31. The molecule has 7 heteroatoms. The maximum atomic E-state index is 12.9. The van der Waals surface area contributed by atoms with Crippen LogP contribution < -0.4 is 10.9 Å². The van der Waals surface area contributed by atoms with Gasteiger partial charge in [-0.2, -0.15) is 13.2 Å². The van der Waals surface area contributed by atoms with Crippen LogP contribution in [0, 0.1) is 5.41 Å². The summed E-state index contributed by atoms with van der Waals surface area (Å²) in [4.78, 5) is 23.4. The van der Waals surface area contributed by atoms with Crippen molar-refractivity contribution >= 4 is 11.7 Å². The molecule has 0 aliphatic rings. The maximum absolute atomic E-state index is 12.9. The van der Waals surface area contributed by atoms with Crippen LogP contribution in [0.5, 0.6) is 0 Å². The highest BCUT2D eigenvalue weighted by Crippen LogP contribution is 2.25. The van der Waals surface area contributed by atoms with Crippen LogP contribution in [-0.4, -0.2) is 17.9 Å². The molecule has 1 aromatic rings. The minimum absolute atomic E-state index is 0.193. The molecular weight excluding hydrogens is 297 g/mol. The fourth-order valence-corrected chi connectivity index (χ4v) is 1.32. The molecule has 0 saturated carbocycles. The summed E-state index contributed by atoms with van der Waals surface area (Å²) in [5.41, 5.74) is 1.62. The molecule has 4 nitrogen and oxygen atoms in total. The van der Waals surface area contributed by atoms with Crippen molar-refractivity contribution in [3.63, 3.8) is 0 Å². The summed E-state index contributed by atoms with van der Waals surface area (Å²) in [7, 11) is 0. The van der Waals surface area contributed by atoms with Gasteiger partial charge in [0.2, 0.25) is 0 Å². The Bertz CT molecular complexity index is 573. The van der Waals surface area contributed by atoms with E-state index in [2.05, 4.69) is 0 Å². The number of allylic oxidation sites excluding steroid dienone is 2. The van der Waals surface area contributed by atoms with Crippen LogP contribution in [0.25, 0.3) is 0 Å². The zero-order valence-corrected chi connectivity index (χ0v) is 12.4. The normalized spacial score (nSPS) is 12.7. The van der Waals surface area contributed by atoms with E-state index in [9.17, 15) is 22.8 Å². The van der Waals surface area contributed by atoms with Gasteiger partial charge in [0.15, 0.2) is 5.78 Å². The lowest BCUT2D eigenvalue weighted by atomic mass is 9.90. The van der Waals surface area contributed by atoms with Gasteiger partial charge in [-0.05, 0) is 12.1 Å². The summed E-state index contributed by atoms with van der Waals surface area (Å²) in [5, 5.41) is 0. The summed E-state index contributed by atoms with van der Waals surface area (Å²) in [6.07, 6.45) is -4.34. The summed E-state index contributed by atoms with van der Waals surface area (Å²) in [6, 6.07) is 7.74. The molecule has 0 bridgehead atoms. The molecule has 0 radical (unpaired) electrons. The first-order chi connectivity index (χ1) is 10.0. The lowest BCUT2D eigenvalue weighted by Crippen LogP contribution is -2.41. The largest absolute Gasteiger partial charge is 0.432 e. The SMILES string of the molecule is CC(C)(C)C(=O)C=C(NNC(=O)c1ccccc1)C(F)(F)F. The van der Waals surface area contributed by atoms with E-state index in [1.54, 1.807) is 23.6 Å². The first-order valence-electron chi connectivity index (χ1n) is 6.46. The average molecular weight is 314 g/mol. The molecule has 0 saturated heterocycles. The minimum atomic E-state index is -4.79. The Morgan fingerprint density at radius 2 is 1.55 bits per heavy atom. The van der Waals surface area contributed by atoms with Gasteiger partial charge in [-0.3, -0.25) is 20.4 Å². The average Bonchev–Trinajstić information content (AvgIpc) is 2.41. The minimum Gasteiger partial charge on any atom is -0.294 e. The molecule has 1 aromatic carbocycles. The number of ketones is 1. The maximum Gasteiger partial charge on any atom is 0.432 e. The van der Waals surface area contributed by atoms with Gasteiger partial charge in [0.05, 0.1) is 0 Å². The topological polar surface area (TPSA) is 58.2 Å². The Morgan fingerprint density at radius 3 is 2.00 bits per heavy atom. The first kappa shape index (κ1) is 17.7. The van der Waals surface area contributed by atoms with Crippen molar-refractivity contribution in [2.24, 2.45) is 5.41 Å². The number of alkyl halides is 3. The molecule has 1 rings (SSSR count). The number of hydrogen-bond acceptors (Lipinski definition) is 3. The van der Waals surface area contributed by atoms with E-state index in [0.29, 0.717) is 6.08 Å². The third-order valence-electron chi connectivity index (χ3n) is 2.67. The second-order valence-electron chi connectivity index (χ2n) is 5.62. The quantitative estimate of drug-likeness (QED) is 0.663. The van der Waals surface area contributed by atoms with Crippen molar-refractivity contribution in [3.8, 4) is 0 Å². The van der Waals surface area contributed by atoms with E-state index in [-0.39, 0.29) is 5.56 Å². The third-order valence-corrected chi connectivity index (χ3v) is 2.67. The van der Waals surface area contributed by atoms with Gasteiger partial charge in [-0.1, -0.05) is 39.0 Å². The van der Waals surface area contributed by atoms with Crippen molar-refractivity contribution in [1.82, 2.24) is 10.9 Å². The fourth-order valence-electron chi connectivity index (χ4n) is 1.32. The van der Waals surface area contributed by atoms with Crippen molar-refractivity contribution < 1.29 is 22.8 Å². The molecule has 0 aliphatic heterocycles. The van der Waals surface area contributed by atoms with E-state index in [4.69, 9.17) is 0 Å².